The first kappa shape index (κ1) is 18.7. The molecule has 2 aromatic carbocycles. The molecular weight excluding hydrogens is 355 g/mol. The number of piperazine rings is 1. The first-order valence-corrected chi connectivity index (χ1v) is 9.98. The summed E-state index contributed by atoms with van der Waals surface area (Å²) in [6, 6.07) is 16.9. The van der Waals surface area contributed by atoms with Crippen molar-refractivity contribution in [3.05, 3.63) is 77.4 Å². The van der Waals surface area contributed by atoms with Crippen molar-refractivity contribution in [1.82, 2.24) is 20.2 Å². The van der Waals surface area contributed by atoms with Crippen molar-refractivity contribution in [2.45, 2.75) is 19.5 Å². The van der Waals surface area contributed by atoms with Crippen LogP contribution in [0.15, 0.2) is 54.6 Å². The molecule has 0 bridgehead atoms. The van der Waals surface area contributed by atoms with Gasteiger partial charge in [0.2, 0.25) is 5.82 Å². The van der Waals surface area contributed by atoms with Crippen LogP contribution in [0.4, 0.5) is 4.39 Å². The third-order valence-electron chi connectivity index (χ3n) is 5.72. The summed E-state index contributed by atoms with van der Waals surface area (Å²) < 4.78 is 16.6. The summed E-state index contributed by atoms with van der Waals surface area (Å²) >= 11 is 0. The van der Waals surface area contributed by atoms with Gasteiger partial charge in [-0.25, -0.2) is 9.07 Å². The molecule has 28 heavy (non-hydrogen) atoms. The molecular formula is C21H27FN6+2. The van der Waals surface area contributed by atoms with E-state index in [1.807, 2.05) is 35.0 Å². The minimum atomic E-state index is -0.210. The van der Waals surface area contributed by atoms with Gasteiger partial charge >= 0.3 is 0 Å². The van der Waals surface area contributed by atoms with Crippen LogP contribution in [0.5, 0.6) is 0 Å². The quantitative estimate of drug-likeness (QED) is 0.619. The Hall–Kier alpha value is -2.64. The normalized spacial score (nSPS) is 20.8. The van der Waals surface area contributed by atoms with E-state index in [1.54, 1.807) is 11.0 Å². The maximum atomic E-state index is 14.8. The molecule has 6 nitrogen and oxygen atoms in total. The molecule has 0 spiro atoms. The highest BCUT2D eigenvalue weighted by molar-refractivity contribution is 5.25. The van der Waals surface area contributed by atoms with Crippen LogP contribution in [0.2, 0.25) is 0 Å². The SMILES string of the molecule is CC[NH+]1CC[NH+]([C@H](c2ccccc2F)c2nnnn2Cc2ccccc2)CC1. The van der Waals surface area contributed by atoms with Crippen LogP contribution in [0.3, 0.4) is 0 Å². The number of likely N-dealkylation sites (N-methyl/N-ethyl adjacent to an activating group) is 1. The van der Waals surface area contributed by atoms with E-state index < -0.39 is 0 Å². The zero-order chi connectivity index (χ0) is 19.3. The average molecular weight is 382 g/mol. The lowest BCUT2D eigenvalue weighted by molar-refractivity contribution is -1.02. The number of benzene rings is 2. The highest BCUT2D eigenvalue weighted by Crippen LogP contribution is 2.20. The maximum absolute atomic E-state index is 14.8. The standard InChI is InChI=1S/C21H25FN6/c1-2-26-12-14-27(15-13-26)20(18-10-6-7-11-19(18)22)21-23-24-25-28(21)16-17-8-4-3-5-9-17/h3-11,20H,2,12-16H2,1H3/p+2/t20-/m1/s1. The summed E-state index contributed by atoms with van der Waals surface area (Å²) in [4.78, 5) is 2.92. The number of nitrogens with one attached hydrogen (secondary N) is 2. The first-order valence-electron chi connectivity index (χ1n) is 9.98. The number of hydrogen-bond donors (Lipinski definition) is 2. The summed E-state index contributed by atoms with van der Waals surface area (Å²) in [6.07, 6.45) is 0. The summed E-state index contributed by atoms with van der Waals surface area (Å²) in [5.74, 6) is 0.531. The third-order valence-corrected chi connectivity index (χ3v) is 5.72. The summed E-state index contributed by atoms with van der Waals surface area (Å²) in [7, 11) is 0. The van der Waals surface area contributed by atoms with E-state index in [-0.39, 0.29) is 11.9 Å². The molecule has 0 amide bonds. The lowest BCUT2D eigenvalue weighted by Gasteiger charge is -2.33. The van der Waals surface area contributed by atoms with Gasteiger partial charge in [0.1, 0.15) is 32.0 Å². The molecule has 146 valence electrons. The minimum absolute atomic E-state index is 0.195. The molecule has 0 unspecified atom stereocenters. The third kappa shape index (κ3) is 3.95. The van der Waals surface area contributed by atoms with Gasteiger partial charge in [0.05, 0.1) is 18.7 Å². The number of aromatic nitrogens is 4. The van der Waals surface area contributed by atoms with Gasteiger partial charge < -0.3 is 9.80 Å². The molecule has 1 aliphatic heterocycles. The topological polar surface area (TPSA) is 52.5 Å². The van der Waals surface area contributed by atoms with E-state index >= 15 is 0 Å². The van der Waals surface area contributed by atoms with Crippen LogP contribution in [0, 0.1) is 5.82 Å². The highest BCUT2D eigenvalue weighted by Gasteiger charge is 2.36. The van der Waals surface area contributed by atoms with Crippen molar-refractivity contribution in [3.8, 4) is 0 Å². The maximum Gasteiger partial charge on any atom is 0.214 e. The van der Waals surface area contributed by atoms with E-state index in [0.29, 0.717) is 12.1 Å². The van der Waals surface area contributed by atoms with E-state index in [2.05, 4.69) is 34.6 Å². The van der Waals surface area contributed by atoms with Crippen LogP contribution in [0.1, 0.15) is 29.9 Å². The summed E-state index contributed by atoms with van der Waals surface area (Å²) in [5, 5.41) is 12.5. The summed E-state index contributed by atoms with van der Waals surface area (Å²) in [5.41, 5.74) is 1.79. The molecule has 0 radical (unpaired) electrons. The van der Waals surface area contributed by atoms with E-state index in [1.165, 1.54) is 11.0 Å². The zero-order valence-corrected chi connectivity index (χ0v) is 16.2. The highest BCUT2D eigenvalue weighted by atomic mass is 19.1. The predicted molar refractivity (Wildman–Crippen MR) is 104 cm³/mol. The molecule has 2 N–H and O–H groups in total. The van der Waals surface area contributed by atoms with Crippen LogP contribution in [-0.4, -0.2) is 52.9 Å². The molecule has 1 aliphatic rings. The second-order valence-corrected chi connectivity index (χ2v) is 7.40. The van der Waals surface area contributed by atoms with E-state index in [4.69, 9.17) is 0 Å². The molecule has 7 heteroatoms. The fraction of sp³-hybridized carbons (Fsp3) is 0.381. The van der Waals surface area contributed by atoms with Crippen LogP contribution in [0.25, 0.3) is 0 Å². The van der Waals surface area contributed by atoms with Crippen LogP contribution >= 0.6 is 0 Å². The molecule has 1 atom stereocenters. The Morgan fingerprint density at radius 3 is 2.43 bits per heavy atom. The van der Waals surface area contributed by atoms with Crippen molar-refractivity contribution in [2.24, 2.45) is 0 Å². The minimum Gasteiger partial charge on any atom is -0.326 e. The Kier molecular flexibility index (Phi) is 5.73. The van der Waals surface area contributed by atoms with Gasteiger partial charge in [0.15, 0.2) is 6.04 Å². The Labute approximate surface area is 164 Å². The van der Waals surface area contributed by atoms with E-state index in [0.717, 1.165) is 44.1 Å². The first-order chi connectivity index (χ1) is 13.8. The molecule has 0 aliphatic carbocycles. The van der Waals surface area contributed by atoms with Crippen molar-refractivity contribution in [2.75, 3.05) is 32.7 Å². The van der Waals surface area contributed by atoms with Gasteiger partial charge in [-0.3, -0.25) is 0 Å². The van der Waals surface area contributed by atoms with Crippen molar-refractivity contribution < 1.29 is 14.2 Å². The molecule has 1 fully saturated rings. The molecule has 3 aromatic rings. The average Bonchev–Trinajstić information content (AvgIpc) is 3.18. The monoisotopic (exact) mass is 382 g/mol. The number of halogens is 1. The smallest absolute Gasteiger partial charge is 0.214 e. The fourth-order valence-corrected chi connectivity index (χ4v) is 4.10. The second-order valence-electron chi connectivity index (χ2n) is 7.40. The van der Waals surface area contributed by atoms with Gasteiger partial charge in [-0.1, -0.05) is 42.5 Å². The Morgan fingerprint density at radius 1 is 1.00 bits per heavy atom. The number of tetrazole rings is 1. The van der Waals surface area contributed by atoms with Gasteiger partial charge in [-0.15, -0.1) is 5.10 Å². The lowest BCUT2D eigenvalue weighted by Crippen LogP contribution is -3.28. The Balaban J connectivity index is 1.69. The van der Waals surface area contributed by atoms with Gasteiger partial charge in [-0.05, 0) is 35.0 Å². The fourth-order valence-electron chi connectivity index (χ4n) is 4.10. The van der Waals surface area contributed by atoms with Crippen LogP contribution < -0.4 is 9.80 Å². The number of quaternary nitrogens is 2. The lowest BCUT2D eigenvalue weighted by atomic mass is 10.0. The largest absolute Gasteiger partial charge is 0.326 e. The van der Waals surface area contributed by atoms with Gasteiger partial charge in [0.25, 0.3) is 0 Å². The molecule has 2 heterocycles. The van der Waals surface area contributed by atoms with Gasteiger partial charge in [-0.2, -0.15) is 0 Å². The number of hydrogen-bond acceptors (Lipinski definition) is 3. The number of nitrogens with zero attached hydrogens (tertiary/aromatic N) is 4. The second kappa shape index (κ2) is 8.58. The molecule has 4 rings (SSSR count). The molecule has 0 saturated carbocycles. The van der Waals surface area contributed by atoms with Crippen LogP contribution in [-0.2, 0) is 6.54 Å². The molecule has 1 saturated heterocycles. The van der Waals surface area contributed by atoms with E-state index in [9.17, 15) is 4.39 Å². The molecule has 1 aromatic heterocycles. The van der Waals surface area contributed by atoms with Crippen molar-refractivity contribution in [1.29, 1.82) is 0 Å². The summed E-state index contributed by atoms with van der Waals surface area (Å²) in [6.45, 7) is 8.03. The van der Waals surface area contributed by atoms with Crippen molar-refractivity contribution >= 4 is 0 Å². The number of rotatable bonds is 6. The predicted octanol–water partition coefficient (Wildman–Crippen LogP) is -0.247. The Bertz CT molecular complexity index is 889. The van der Waals surface area contributed by atoms with Crippen molar-refractivity contribution in [3.63, 3.8) is 0 Å². The zero-order valence-electron chi connectivity index (χ0n) is 16.2. The Morgan fingerprint density at radius 2 is 1.71 bits per heavy atom. The van der Waals surface area contributed by atoms with Gasteiger partial charge in [0, 0.05) is 0 Å².